The molecule has 1 amide bonds. The summed E-state index contributed by atoms with van der Waals surface area (Å²) < 4.78 is 12.8. The molecule has 0 bridgehead atoms. The van der Waals surface area contributed by atoms with Crippen molar-refractivity contribution in [2.45, 2.75) is 32.7 Å². The van der Waals surface area contributed by atoms with Gasteiger partial charge in [-0.05, 0) is 17.7 Å². The molecule has 1 heterocycles. The van der Waals surface area contributed by atoms with Crippen LogP contribution in [0.3, 0.4) is 0 Å². The second kappa shape index (κ2) is 6.20. The molecule has 0 aliphatic carbocycles. The minimum Gasteiger partial charge on any atom is -0.501 e. The number of benzene rings is 1. The minimum atomic E-state index is -0.767. The van der Waals surface area contributed by atoms with E-state index in [9.17, 15) is 19.1 Å². The zero-order valence-electron chi connectivity index (χ0n) is 13.1. The van der Waals surface area contributed by atoms with Gasteiger partial charge in [0.25, 0.3) is 11.5 Å². The molecule has 0 spiro atoms. The molecule has 0 aliphatic heterocycles. The number of nitrogens with one attached hydrogen (secondary N) is 2. The van der Waals surface area contributed by atoms with E-state index in [0.29, 0.717) is 11.4 Å². The summed E-state index contributed by atoms with van der Waals surface area (Å²) in [6, 6.07) is 5.62. The van der Waals surface area contributed by atoms with Gasteiger partial charge in [-0.25, -0.2) is 9.37 Å². The number of carbonyl (C=O) groups is 1. The zero-order chi connectivity index (χ0) is 17.2. The number of aromatic nitrogens is 2. The van der Waals surface area contributed by atoms with Crippen molar-refractivity contribution in [3.63, 3.8) is 0 Å². The molecule has 0 atom stereocenters. The molecular weight excluding hydrogens is 301 g/mol. The van der Waals surface area contributed by atoms with E-state index >= 15 is 0 Å². The van der Waals surface area contributed by atoms with Gasteiger partial charge in [0.1, 0.15) is 11.6 Å². The minimum absolute atomic E-state index is 0.123. The molecule has 6 nitrogen and oxygen atoms in total. The van der Waals surface area contributed by atoms with Gasteiger partial charge < -0.3 is 15.4 Å². The third-order valence-electron chi connectivity index (χ3n) is 3.19. The Morgan fingerprint density at radius 1 is 1.30 bits per heavy atom. The van der Waals surface area contributed by atoms with Gasteiger partial charge in [0, 0.05) is 12.0 Å². The lowest BCUT2D eigenvalue weighted by atomic mass is 9.95. The number of hydrogen-bond acceptors (Lipinski definition) is 4. The van der Waals surface area contributed by atoms with Crippen LogP contribution >= 0.6 is 0 Å². The van der Waals surface area contributed by atoms with Gasteiger partial charge in [-0.1, -0.05) is 32.9 Å². The van der Waals surface area contributed by atoms with Gasteiger partial charge in [0.15, 0.2) is 5.69 Å². The lowest BCUT2D eigenvalue weighted by Crippen LogP contribution is -2.29. The summed E-state index contributed by atoms with van der Waals surface area (Å²) in [5, 5.41) is 12.3. The highest BCUT2D eigenvalue weighted by Crippen LogP contribution is 2.19. The molecule has 0 aliphatic rings. The SMILES string of the molecule is CC(C)(C)c1nc(C(=O)NCc2ccc(F)cc2)c(O)c(=O)[nH]1. The van der Waals surface area contributed by atoms with Gasteiger partial charge in [-0.2, -0.15) is 0 Å². The highest BCUT2D eigenvalue weighted by Gasteiger charge is 2.23. The maximum absolute atomic E-state index is 12.8. The highest BCUT2D eigenvalue weighted by molar-refractivity contribution is 5.94. The Hall–Kier alpha value is -2.70. The highest BCUT2D eigenvalue weighted by atomic mass is 19.1. The summed E-state index contributed by atoms with van der Waals surface area (Å²) in [4.78, 5) is 30.4. The van der Waals surface area contributed by atoms with E-state index in [1.165, 1.54) is 24.3 Å². The Balaban J connectivity index is 2.23. The van der Waals surface area contributed by atoms with Crippen molar-refractivity contribution >= 4 is 5.91 Å². The van der Waals surface area contributed by atoms with Crippen molar-refractivity contribution in [3.05, 3.63) is 57.5 Å². The molecule has 0 fully saturated rings. The van der Waals surface area contributed by atoms with Gasteiger partial charge in [-0.15, -0.1) is 0 Å². The third-order valence-corrected chi connectivity index (χ3v) is 3.19. The van der Waals surface area contributed by atoms with Crippen LogP contribution in [-0.2, 0) is 12.0 Å². The van der Waals surface area contributed by atoms with Crippen molar-refractivity contribution in [2.75, 3.05) is 0 Å². The number of rotatable bonds is 3. The molecule has 122 valence electrons. The zero-order valence-corrected chi connectivity index (χ0v) is 13.1. The predicted molar refractivity (Wildman–Crippen MR) is 82.8 cm³/mol. The summed E-state index contributed by atoms with van der Waals surface area (Å²) >= 11 is 0. The van der Waals surface area contributed by atoms with E-state index in [0.717, 1.165) is 0 Å². The Morgan fingerprint density at radius 2 is 1.91 bits per heavy atom. The van der Waals surface area contributed by atoms with Crippen LogP contribution in [0.4, 0.5) is 4.39 Å². The van der Waals surface area contributed by atoms with Gasteiger partial charge in [-0.3, -0.25) is 9.59 Å². The van der Waals surface area contributed by atoms with Crippen LogP contribution in [-0.4, -0.2) is 21.0 Å². The summed E-state index contributed by atoms with van der Waals surface area (Å²) in [6.45, 7) is 5.59. The topological polar surface area (TPSA) is 95.1 Å². The molecule has 3 N–H and O–H groups in total. The number of aromatic hydroxyl groups is 1. The molecule has 2 aromatic rings. The molecule has 0 unspecified atom stereocenters. The maximum atomic E-state index is 12.8. The van der Waals surface area contributed by atoms with Crippen LogP contribution in [0, 0.1) is 5.82 Å². The number of aromatic amines is 1. The van der Waals surface area contributed by atoms with Crippen LogP contribution < -0.4 is 10.9 Å². The number of hydrogen-bond donors (Lipinski definition) is 3. The summed E-state index contributed by atoms with van der Waals surface area (Å²) in [5.74, 6) is -1.48. The number of carbonyl (C=O) groups excluding carboxylic acids is 1. The molecule has 2 rings (SSSR count). The van der Waals surface area contributed by atoms with E-state index in [1.807, 2.05) is 20.8 Å². The lowest BCUT2D eigenvalue weighted by molar-refractivity contribution is 0.0942. The fourth-order valence-electron chi connectivity index (χ4n) is 1.85. The fourth-order valence-corrected chi connectivity index (χ4v) is 1.85. The summed E-state index contributed by atoms with van der Waals surface area (Å²) in [7, 11) is 0. The first-order chi connectivity index (χ1) is 10.7. The van der Waals surface area contributed by atoms with Crippen LogP contribution in [0.15, 0.2) is 29.1 Å². The van der Waals surface area contributed by atoms with Gasteiger partial charge >= 0.3 is 0 Å². The largest absolute Gasteiger partial charge is 0.501 e. The first-order valence-electron chi connectivity index (χ1n) is 7.05. The molecule has 0 radical (unpaired) electrons. The fraction of sp³-hybridized carbons (Fsp3) is 0.312. The Labute approximate surface area is 132 Å². The maximum Gasteiger partial charge on any atom is 0.293 e. The quantitative estimate of drug-likeness (QED) is 0.804. The Morgan fingerprint density at radius 3 is 2.48 bits per heavy atom. The van der Waals surface area contributed by atoms with Crippen LogP contribution in [0.25, 0.3) is 0 Å². The summed E-state index contributed by atoms with van der Waals surface area (Å²) in [5.41, 5.74) is -0.906. The molecule has 23 heavy (non-hydrogen) atoms. The molecular formula is C16H18FN3O3. The summed E-state index contributed by atoms with van der Waals surface area (Å²) in [6.07, 6.45) is 0. The van der Waals surface area contributed by atoms with E-state index in [2.05, 4.69) is 15.3 Å². The second-order valence-corrected chi connectivity index (χ2v) is 6.17. The number of H-pyrrole nitrogens is 1. The van der Waals surface area contributed by atoms with Crippen molar-refractivity contribution in [1.29, 1.82) is 0 Å². The van der Waals surface area contributed by atoms with Gasteiger partial charge in [0.05, 0.1) is 0 Å². The average molecular weight is 319 g/mol. The van der Waals surface area contributed by atoms with Crippen LogP contribution in [0.5, 0.6) is 5.75 Å². The standard InChI is InChI=1S/C16H18FN3O3/c1-16(2,3)15-19-11(12(21)14(23)20-15)13(22)18-8-9-4-6-10(17)7-5-9/h4-7,21H,8H2,1-3H3,(H,18,22)(H,19,20,23). The average Bonchev–Trinajstić information content (AvgIpc) is 2.48. The van der Waals surface area contributed by atoms with Crippen LogP contribution in [0.1, 0.15) is 42.6 Å². The number of amides is 1. The van der Waals surface area contributed by atoms with Crippen molar-refractivity contribution < 1.29 is 14.3 Å². The Kier molecular flexibility index (Phi) is 4.49. The lowest BCUT2D eigenvalue weighted by Gasteiger charge is -2.18. The predicted octanol–water partition coefficient (Wildman–Crippen LogP) is 1.84. The smallest absolute Gasteiger partial charge is 0.293 e. The first kappa shape index (κ1) is 16.7. The van der Waals surface area contributed by atoms with E-state index < -0.39 is 22.6 Å². The molecule has 7 heteroatoms. The van der Waals surface area contributed by atoms with E-state index in [4.69, 9.17) is 0 Å². The molecule has 1 aromatic heterocycles. The first-order valence-corrected chi connectivity index (χ1v) is 7.05. The van der Waals surface area contributed by atoms with Crippen molar-refractivity contribution in [1.82, 2.24) is 15.3 Å². The van der Waals surface area contributed by atoms with Crippen LogP contribution in [0.2, 0.25) is 0 Å². The third kappa shape index (κ3) is 3.94. The van der Waals surface area contributed by atoms with Gasteiger partial charge in [0.2, 0.25) is 5.75 Å². The van der Waals surface area contributed by atoms with Crippen molar-refractivity contribution in [2.24, 2.45) is 0 Å². The normalized spacial score (nSPS) is 11.3. The van der Waals surface area contributed by atoms with E-state index in [-0.39, 0.29) is 18.1 Å². The Bertz CT molecular complexity index is 777. The monoisotopic (exact) mass is 319 g/mol. The molecule has 0 saturated heterocycles. The second-order valence-electron chi connectivity index (χ2n) is 6.17. The molecule has 1 aromatic carbocycles. The van der Waals surface area contributed by atoms with E-state index in [1.54, 1.807) is 0 Å². The van der Waals surface area contributed by atoms with Crippen molar-refractivity contribution in [3.8, 4) is 5.75 Å². The number of nitrogens with zero attached hydrogens (tertiary/aromatic N) is 1. The molecule has 0 saturated carbocycles. The number of halogens is 1.